The molecule has 1 aromatic heterocycles. The summed E-state index contributed by atoms with van der Waals surface area (Å²) in [6.07, 6.45) is 0. The number of nitro groups is 1. The van der Waals surface area contributed by atoms with Crippen molar-refractivity contribution in [3.63, 3.8) is 0 Å². The van der Waals surface area contributed by atoms with E-state index in [0.29, 0.717) is 6.54 Å². The molecule has 0 amide bonds. The Balaban J connectivity index is 2.04. The Bertz CT molecular complexity index is 542. The van der Waals surface area contributed by atoms with Gasteiger partial charge in [0.25, 0.3) is 5.69 Å². The molecule has 0 saturated heterocycles. The number of benzene rings is 1. The Hall–Kier alpha value is -1.40. The third-order valence-electron chi connectivity index (χ3n) is 2.15. The Morgan fingerprint density at radius 2 is 2.24 bits per heavy atom. The zero-order chi connectivity index (χ0) is 12.3. The molecule has 1 N–H and O–H groups in total. The van der Waals surface area contributed by atoms with Gasteiger partial charge in [0.1, 0.15) is 0 Å². The van der Waals surface area contributed by atoms with E-state index in [1.165, 1.54) is 17.0 Å². The number of nitro benzene ring substituents is 1. The summed E-state index contributed by atoms with van der Waals surface area (Å²) >= 11 is 5.02. The molecule has 1 aromatic carbocycles. The predicted octanol–water partition coefficient (Wildman–Crippen LogP) is 4.03. The molecule has 0 atom stereocenters. The van der Waals surface area contributed by atoms with Crippen LogP contribution in [0.15, 0.2) is 40.2 Å². The first-order valence-electron chi connectivity index (χ1n) is 4.86. The minimum atomic E-state index is -0.396. The van der Waals surface area contributed by atoms with Gasteiger partial charge in [-0.25, -0.2) is 0 Å². The van der Waals surface area contributed by atoms with Crippen molar-refractivity contribution in [2.45, 2.75) is 6.54 Å². The second-order valence-corrected chi connectivity index (χ2v) is 5.30. The Labute approximate surface area is 111 Å². The van der Waals surface area contributed by atoms with Crippen molar-refractivity contribution in [2.75, 3.05) is 5.32 Å². The third-order valence-corrected chi connectivity index (χ3v) is 3.84. The van der Waals surface area contributed by atoms with Crippen LogP contribution in [-0.2, 0) is 6.54 Å². The third kappa shape index (κ3) is 3.28. The Morgan fingerprint density at radius 1 is 1.41 bits per heavy atom. The minimum absolute atomic E-state index is 0.0994. The summed E-state index contributed by atoms with van der Waals surface area (Å²) in [6.45, 7) is 0.664. The molecule has 0 fully saturated rings. The van der Waals surface area contributed by atoms with Crippen LogP contribution in [-0.4, -0.2) is 4.92 Å². The molecule has 0 spiro atoms. The highest BCUT2D eigenvalue weighted by atomic mass is 79.9. The topological polar surface area (TPSA) is 55.2 Å². The smallest absolute Gasteiger partial charge is 0.271 e. The number of nitrogens with zero attached hydrogens (tertiary/aromatic N) is 1. The van der Waals surface area contributed by atoms with Crippen molar-refractivity contribution >= 4 is 38.6 Å². The molecular weight excluding hydrogens is 304 g/mol. The second-order valence-electron chi connectivity index (χ2n) is 3.39. The number of anilines is 1. The van der Waals surface area contributed by atoms with Crippen molar-refractivity contribution in [1.29, 1.82) is 0 Å². The van der Waals surface area contributed by atoms with Crippen molar-refractivity contribution in [1.82, 2.24) is 0 Å². The monoisotopic (exact) mass is 312 g/mol. The second kappa shape index (κ2) is 5.29. The minimum Gasteiger partial charge on any atom is -0.380 e. The van der Waals surface area contributed by atoms with Crippen molar-refractivity contribution in [3.8, 4) is 0 Å². The van der Waals surface area contributed by atoms with Gasteiger partial charge in [-0.15, -0.1) is 11.3 Å². The number of hydrogen-bond acceptors (Lipinski definition) is 4. The number of non-ortho nitro benzene ring substituents is 1. The SMILES string of the molecule is O=[N+]([O-])c1cccc(NCc2cc(Br)cs2)c1. The number of rotatable bonds is 4. The lowest BCUT2D eigenvalue weighted by Gasteiger charge is -2.03. The molecule has 2 rings (SSSR count). The predicted molar refractivity (Wildman–Crippen MR) is 72.4 cm³/mol. The largest absolute Gasteiger partial charge is 0.380 e. The van der Waals surface area contributed by atoms with Gasteiger partial charge in [0, 0.05) is 39.1 Å². The van der Waals surface area contributed by atoms with Crippen LogP contribution >= 0.6 is 27.3 Å². The number of halogens is 1. The quantitative estimate of drug-likeness (QED) is 0.685. The Morgan fingerprint density at radius 3 is 2.88 bits per heavy atom. The highest BCUT2D eigenvalue weighted by molar-refractivity contribution is 9.10. The zero-order valence-electron chi connectivity index (χ0n) is 8.72. The van der Waals surface area contributed by atoms with Crippen molar-refractivity contribution in [2.24, 2.45) is 0 Å². The van der Waals surface area contributed by atoms with E-state index in [4.69, 9.17) is 0 Å². The van der Waals surface area contributed by atoms with Crippen LogP contribution in [0.4, 0.5) is 11.4 Å². The van der Waals surface area contributed by atoms with E-state index in [1.807, 2.05) is 17.5 Å². The number of nitrogens with one attached hydrogen (secondary N) is 1. The molecule has 0 aliphatic carbocycles. The van der Waals surface area contributed by atoms with Gasteiger partial charge in [-0.3, -0.25) is 10.1 Å². The number of hydrogen-bond donors (Lipinski definition) is 1. The van der Waals surface area contributed by atoms with Crippen molar-refractivity contribution in [3.05, 3.63) is 55.2 Å². The zero-order valence-corrected chi connectivity index (χ0v) is 11.1. The first kappa shape index (κ1) is 12.1. The highest BCUT2D eigenvalue weighted by Crippen LogP contribution is 2.22. The van der Waals surface area contributed by atoms with Gasteiger partial charge < -0.3 is 5.32 Å². The lowest BCUT2D eigenvalue weighted by atomic mass is 10.3. The molecule has 17 heavy (non-hydrogen) atoms. The van der Waals surface area contributed by atoms with Gasteiger partial charge in [0.15, 0.2) is 0 Å². The molecule has 1 heterocycles. The highest BCUT2D eigenvalue weighted by Gasteiger charge is 2.05. The normalized spacial score (nSPS) is 10.2. The molecule has 88 valence electrons. The molecule has 0 unspecified atom stereocenters. The average Bonchev–Trinajstić information content (AvgIpc) is 2.73. The van der Waals surface area contributed by atoms with Crippen LogP contribution in [0.3, 0.4) is 0 Å². The summed E-state index contributed by atoms with van der Waals surface area (Å²) in [7, 11) is 0. The molecule has 0 aliphatic heterocycles. The van der Waals surface area contributed by atoms with Gasteiger partial charge in [0.05, 0.1) is 4.92 Å². The van der Waals surface area contributed by atoms with E-state index >= 15 is 0 Å². The lowest BCUT2D eigenvalue weighted by Crippen LogP contribution is -1.98. The molecule has 0 saturated carbocycles. The summed E-state index contributed by atoms with van der Waals surface area (Å²) in [5.74, 6) is 0. The van der Waals surface area contributed by atoms with E-state index in [2.05, 4.69) is 21.2 Å². The maximum absolute atomic E-state index is 10.6. The average molecular weight is 313 g/mol. The van der Waals surface area contributed by atoms with Crippen LogP contribution in [0.2, 0.25) is 0 Å². The summed E-state index contributed by atoms with van der Waals surface area (Å²) in [5, 5.41) is 15.8. The summed E-state index contributed by atoms with van der Waals surface area (Å²) in [5.41, 5.74) is 0.853. The first-order valence-corrected chi connectivity index (χ1v) is 6.53. The van der Waals surface area contributed by atoms with Crippen LogP contribution in [0.1, 0.15) is 4.88 Å². The van der Waals surface area contributed by atoms with Crippen LogP contribution in [0.5, 0.6) is 0 Å². The fraction of sp³-hybridized carbons (Fsp3) is 0.0909. The summed E-state index contributed by atoms with van der Waals surface area (Å²) in [6, 6.07) is 8.52. The standard InChI is InChI=1S/C11H9BrN2O2S/c12-8-4-11(17-7-8)6-13-9-2-1-3-10(5-9)14(15)16/h1-5,7,13H,6H2. The molecular formula is C11H9BrN2O2S. The van der Waals surface area contributed by atoms with Gasteiger partial charge in [-0.05, 0) is 28.1 Å². The van der Waals surface area contributed by atoms with E-state index in [1.54, 1.807) is 17.4 Å². The molecule has 6 heteroatoms. The molecule has 0 aliphatic rings. The maximum atomic E-state index is 10.6. The first-order chi connectivity index (χ1) is 8.15. The van der Waals surface area contributed by atoms with Crippen LogP contribution < -0.4 is 5.32 Å². The maximum Gasteiger partial charge on any atom is 0.271 e. The van der Waals surface area contributed by atoms with E-state index < -0.39 is 4.92 Å². The summed E-state index contributed by atoms with van der Waals surface area (Å²) in [4.78, 5) is 11.4. The fourth-order valence-electron chi connectivity index (χ4n) is 1.37. The van der Waals surface area contributed by atoms with E-state index in [9.17, 15) is 10.1 Å². The van der Waals surface area contributed by atoms with E-state index in [-0.39, 0.29) is 5.69 Å². The van der Waals surface area contributed by atoms with E-state index in [0.717, 1.165) is 10.2 Å². The lowest BCUT2D eigenvalue weighted by molar-refractivity contribution is -0.384. The van der Waals surface area contributed by atoms with Crippen LogP contribution in [0, 0.1) is 10.1 Å². The van der Waals surface area contributed by atoms with Gasteiger partial charge in [-0.2, -0.15) is 0 Å². The van der Waals surface area contributed by atoms with Gasteiger partial charge in [0.2, 0.25) is 0 Å². The molecule has 0 radical (unpaired) electrons. The van der Waals surface area contributed by atoms with Gasteiger partial charge >= 0.3 is 0 Å². The molecule has 4 nitrogen and oxygen atoms in total. The Kier molecular flexibility index (Phi) is 3.75. The molecule has 2 aromatic rings. The van der Waals surface area contributed by atoms with Crippen LogP contribution in [0.25, 0.3) is 0 Å². The molecule has 0 bridgehead atoms. The van der Waals surface area contributed by atoms with Crippen molar-refractivity contribution < 1.29 is 4.92 Å². The van der Waals surface area contributed by atoms with Gasteiger partial charge in [-0.1, -0.05) is 6.07 Å². The number of thiophene rings is 1. The fourth-order valence-corrected chi connectivity index (χ4v) is 2.76. The summed E-state index contributed by atoms with van der Waals surface area (Å²) < 4.78 is 1.05.